The zero-order chi connectivity index (χ0) is 14.9. The molecule has 0 N–H and O–H groups in total. The minimum atomic E-state index is -4.69. The van der Waals surface area contributed by atoms with E-state index in [1.807, 2.05) is 0 Å². The molecule has 20 heavy (non-hydrogen) atoms. The van der Waals surface area contributed by atoms with Crippen LogP contribution in [0.3, 0.4) is 0 Å². The molecule has 2 unspecified atom stereocenters. The van der Waals surface area contributed by atoms with Crippen LogP contribution in [0.4, 0.5) is 18.9 Å². The largest absolute Gasteiger partial charge is 0.422 e. The molecule has 0 aromatic heterocycles. The van der Waals surface area contributed by atoms with Gasteiger partial charge in [0.05, 0.1) is 4.92 Å². The first-order valence-electron chi connectivity index (χ1n) is 6.64. The summed E-state index contributed by atoms with van der Waals surface area (Å²) in [6.07, 6.45) is -0.809. The van der Waals surface area contributed by atoms with Crippen molar-refractivity contribution in [1.82, 2.24) is 0 Å². The van der Waals surface area contributed by atoms with Gasteiger partial charge in [-0.15, -0.1) is 0 Å². The fraction of sp³-hybridized carbons (Fsp3) is 0.571. The van der Waals surface area contributed by atoms with Gasteiger partial charge in [0.25, 0.3) is 5.69 Å². The van der Waals surface area contributed by atoms with E-state index in [1.165, 1.54) is 6.07 Å². The predicted molar refractivity (Wildman–Crippen MR) is 68.5 cm³/mol. The molecule has 3 nitrogen and oxygen atoms in total. The van der Waals surface area contributed by atoms with Gasteiger partial charge >= 0.3 is 6.18 Å². The van der Waals surface area contributed by atoms with Crippen molar-refractivity contribution in [2.24, 2.45) is 5.92 Å². The molecule has 1 aliphatic carbocycles. The Balaban J connectivity index is 2.37. The summed E-state index contributed by atoms with van der Waals surface area (Å²) in [4.78, 5) is 9.93. The minimum absolute atomic E-state index is 0.125. The molecule has 2 atom stereocenters. The van der Waals surface area contributed by atoms with Crippen LogP contribution in [0.25, 0.3) is 0 Å². The maximum absolute atomic E-state index is 12.7. The van der Waals surface area contributed by atoms with E-state index in [1.54, 1.807) is 0 Å². The van der Waals surface area contributed by atoms with Crippen LogP contribution < -0.4 is 0 Å². The van der Waals surface area contributed by atoms with Crippen molar-refractivity contribution >= 4 is 5.69 Å². The van der Waals surface area contributed by atoms with E-state index in [0.29, 0.717) is 11.5 Å². The molecule has 1 fully saturated rings. The summed E-state index contributed by atoms with van der Waals surface area (Å²) in [5.41, 5.74) is -1.36. The van der Waals surface area contributed by atoms with Crippen molar-refractivity contribution in [2.75, 3.05) is 0 Å². The highest BCUT2D eigenvalue weighted by molar-refractivity contribution is 5.46. The Labute approximate surface area is 114 Å². The zero-order valence-corrected chi connectivity index (χ0v) is 11.1. The van der Waals surface area contributed by atoms with Crippen molar-refractivity contribution in [2.45, 2.75) is 44.7 Å². The second-order valence-corrected chi connectivity index (χ2v) is 5.50. The number of nitrogens with zero attached hydrogens (tertiary/aromatic N) is 1. The maximum Gasteiger partial charge on any atom is 0.422 e. The summed E-state index contributed by atoms with van der Waals surface area (Å²) < 4.78 is 38.2. The van der Waals surface area contributed by atoms with Crippen LogP contribution in [0.5, 0.6) is 0 Å². The van der Waals surface area contributed by atoms with Crippen molar-refractivity contribution in [1.29, 1.82) is 0 Å². The molecule has 0 saturated heterocycles. The Hall–Kier alpha value is -1.59. The number of benzene rings is 1. The summed E-state index contributed by atoms with van der Waals surface area (Å²) in [6.45, 7) is 2.10. The predicted octanol–water partition coefficient (Wildman–Crippen LogP) is 4.91. The van der Waals surface area contributed by atoms with E-state index in [9.17, 15) is 23.3 Å². The van der Waals surface area contributed by atoms with E-state index >= 15 is 0 Å². The summed E-state index contributed by atoms with van der Waals surface area (Å²) >= 11 is 0. The Morgan fingerprint density at radius 1 is 1.30 bits per heavy atom. The van der Waals surface area contributed by atoms with Gasteiger partial charge < -0.3 is 0 Å². The molecular formula is C14H16F3NO2. The van der Waals surface area contributed by atoms with E-state index in [2.05, 4.69) is 6.92 Å². The lowest BCUT2D eigenvalue weighted by atomic mass is 9.78. The molecule has 110 valence electrons. The van der Waals surface area contributed by atoms with Gasteiger partial charge in [0.1, 0.15) is 5.56 Å². The van der Waals surface area contributed by atoms with Gasteiger partial charge in [-0.25, -0.2) is 0 Å². The first kappa shape index (κ1) is 14.8. The second-order valence-electron chi connectivity index (χ2n) is 5.50. The summed E-state index contributed by atoms with van der Waals surface area (Å²) in [7, 11) is 0. The third-order valence-electron chi connectivity index (χ3n) is 3.93. The van der Waals surface area contributed by atoms with Gasteiger partial charge in [0, 0.05) is 6.07 Å². The van der Waals surface area contributed by atoms with Gasteiger partial charge in [-0.3, -0.25) is 10.1 Å². The number of nitro groups is 1. The summed E-state index contributed by atoms with van der Waals surface area (Å²) in [5.74, 6) is 0.634. The van der Waals surface area contributed by atoms with Crippen molar-refractivity contribution in [3.63, 3.8) is 0 Å². The first-order valence-corrected chi connectivity index (χ1v) is 6.64. The molecule has 1 aliphatic rings. The topological polar surface area (TPSA) is 43.1 Å². The van der Waals surface area contributed by atoms with Crippen molar-refractivity contribution in [3.8, 4) is 0 Å². The van der Waals surface area contributed by atoms with Gasteiger partial charge in [-0.2, -0.15) is 13.2 Å². The molecular weight excluding hydrogens is 271 g/mol. The van der Waals surface area contributed by atoms with E-state index < -0.39 is 22.4 Å². The monoisotopic (exact) mass is 287 g/mol. The fourth-order valence-corrected chi connectivity index (χ4v) is 2.93. The van der Waals surface area contributed by atoms with Crippen molar-refractivity contribution < 1.29 is 18.1 Å². The average molecular weight is 287 g/mol. The smallest absolute Gasteiger partial charge is 0.258 e. The number of rotatable bonds is 2. The van der Waals surface area contributed by atoms with E-state index in [0.717, 1.165) is 37.8 Å². The molecule has 6 heteroatoms. The number of hydrogen-bond acceptors (Lipinski definition) is 2. The van der Waals surface area contributed by atoms with Crippen LogP contribution in [0.2, 0.25) is 0 Å². The third-order valence-corrected chi connectivity index (χ3v) is 3.93. The Morgan fingerprint density at radius 2 is 2.00 bits per heavy atom. The standard InChI is InChI=1S/C14H16F3NO2/c1-9-3-2-4-10(7-9)11-5-6-12(14(15,16)17)13(8-11)18(19)20/h5-6,8-10H,2-4,7H2,1H3. The molecule has 0 amide bonds. The second kappa shape index (κ2) is 5.42. The lowest BCUT2D eigenvalue weighted by Gasteiger charge is -2.27. The molecule has 0 bridgehead atoms. The molecule has 1 aromatic carbocycles. The fourth-order valence-electron chi connectivity index (χ4n) is 2.93. The quantitative estimate of drug-likeness (QED) is 0.573. The van der Waals surface area contributed by atoms with Crippen molar-refractivity contribution in [3.05, 3.63) is 39.4 Å². The van der Waals surface area contributed by atoms with Gasteiger partial charge in [0.2, 0.25) is 0 Å². The van der Waals surface area contributed by atoms with Gasteiger partial charge in [-0.1, -0.05) is 25.8 Å². The number of nitro benzene ring substituents is 1. The highest BCUT2D eigenvalue weighted by Gasteiger charge is 2.38. The normalized spacial score (nSPS) is 23.6. The molecule has 0 aliphatic heterocycles. The van der Waals surface area contributed by atoms with Crippen LogP contribution >= 0.6 is 0 Å². The van der Waals surface area contributed by atoms with Gasteiger partial charge in [0.15, 0.2) is 0 Å². The SMILES string of the molecule is CC1CCCC(c2ccc(C(F)(F)F)c([N+](=O)[O-])c2)C1. The Morgan fingerprint density at radius 3 is 2.55 bits per heavy atom. The number of alkyl halides is 3. The van der Waals surface area contributed by atoms with Crippen LogP contribution in [0.1, 0.15) is 49.7 Å². The van der Waals surface area contributed by atoms with Crippen LogP contribution in [-0.4, -0.2) is 4.92 Å². The molecule has 0 radical (unpaired) electrons. The molecule has 1 aromatic rings. The Bertz CT molecular complexity index is 514. The first-order chi connectivity index (χ1) is 9.29. The zero-order valence-electron chi connectivity index (χ0n) is 11.1. The van der Waals surface area contributed by atoms with Crippen LogP contribution in [-0.2, 0) is 6.18 Å². The van der Waals surface area contributed by atoms with E-state index in [4.69, 9.17) is 0 Å². The average Bonchev–Trinajstić information content (AvgIpc) is 2.37. The highest BCUT2D eigenvalue weighted by atomic mass is 19.4. The molecule has 2 rings (SSSR count). The lowest BCUT2D eigenvalue weighted by Crippen LogP contribution is -2.13. The third kappa shape index (κ3) is 3.11. The number of halogens is 3. The Kier molecular flexibility index (Phi) is 4.01. The highest BCUT2D eigenvalue weighted by Crippen LogP contribution is 2.41. The number of hydrogen-bond donors (Lipinski definition) is 0. The van der Waals surface area contributed by atoms with Crippen LogP contribution in [0, 0.1) is 16.0 Å². The summed E-state index contributed by atoms with van der Waals surface area (Å²) in [6, 6.07) is 3.33. The van der Waals surface area contributed by atoms with Crippen LogP contribution in [0.15, 0.2) is 18.2 Å². The molecule has 0 spiro atoms. The maximum atomic E-state index is 12.7. The molecule has 0 heterocycles. The van der Waals surface area contributed by atoms with Gasteiger partial charge in [-0.05, 0) is 36.3 Å². The molecule has 1 saturated carbocycles. The minimum Gasteiger partial charge on any atom is -0.258 e. The van der Waals surface area contributed by atoms with E-state index in [-0.39, 0.29) is 5.92 Å². The summed E-state index contributed by atoms with van der Waals surface area (Å²) in [5, 5.41) is 10.9. The lowest BCUT2D eigenvalue weighted by molar-refractivity contribution is -0.388.